The molecule has 0 fully saturated rings. The van der Waals surface area contributed by atoms with Crippen LogP contribution in [0.5, 0.6) is 0 Å². The highest BCUT2D eigenvalue weighted by Crippen LogP contribution is 2.16. The first-order valence-corrected chi connectivity index (χ1v) is 5.90. The lowest BCUT2D eigenvalue weighted by molar-refractivity contribution is 0.388. The van der Waals surface area contributed by atoms with Crippen LogP contribution in [-0.4, -0.2) is 14.9 Å². The lowest BCUT2D eigenvalue weighted by Gasteiger charge is -2.07. The number of anilines is 1. The third kappa shape index (κ3) is 2.55. The highest BCUT2D eigenvalue weighted by atomic mass is 79.9. The molecule has 0 radical (unpaired) electrons. The van der Waals surface area contributed by atoms with E-state index in [1.165, 1.54) is 4.68 Å². The Balaban J connectivity index is 2.17. The molecule has 0 saturated carbocycles. The minimum atomic E-state index is -0.157. The fourth-order valence-corrected chi connectivity index (χ4v) is 1.78. The van der Waals surface area contributed by atoms with Gasteiger partial charge in [-0.05, 0) is 22.9 Å². The highest BCUT2D eigenvalue weighted by molar-refractivity contribution is 9.10. The van der Waals surface area contributed by atoms with E-state index in [0.717, 1.165) is 0 Å². The summed E-state index contributed by atoms with van der Waals surface area (Å²) in [6.07, 6.45) is 3.17. The van der Waals surface area contributed by atoms with Crippen LogP contribution < -0.4 is 10.9 Å². The van der Waals surface area contributed by atoms with E-state index in [-0.39, 0.29) is 5.56 Å². The second-order valence-corrected chi connectivity index (χ2v) is 4.12. The summed E-state index contributed by atoms with van der Waals surface area (Å²) in [5.74, 6) is 0.691. The summed E-state index contributed by atoms with van der Waals surface area (Å²) in [7, 11) is 0. The van der Waals surface area contributed by atoms with E-state index in [9.17, 15) is 4.79 Å². The molecule has 17 heavy (non-hydrogen) atoms. The Bertz CT molecular complexity index is 550. The van der Waals surface area contributed by atoms with E-state index in [2.05, 4.69) is 31.5 Å². The van der Waals surface area contributed by atoms with Gasteiger partial charge in [-0.25, -0.2) is 4.68 Å². The second-order valence-electron chi connectivity index (χ2n) is 3.33. The van der Waals surface area contributed by atoms with Gasteiger partial charge in [-0.1, -0.05) is 5.16 Å². The minimum absolute atomic E-state index is 0.157. The van der Waals surface area contributed by atoms with Gasteiger partial charge in [0.05, 0.1) is 24.6 Å². The Hall–Kier alpha value is -1.63. The maximum atomic E-state index is 11.8. The van der Waals surface area contributed by atoms with Crippen molar-refractivity contribution in [2.75, 3.05) is 5.32 Å². The van der Waals surface area contributed by atoms with Gasteiger partial charge in [0, 0.05) is 12.6 Å². The van der Waals surface area contributed by atoms with Crippen molar-refractivity contribution in [3.63, 3.8) is 0 Å². The molecule has 7 heteroatoms. The fourth-order valence-electron chi connectivity index (χ4n) is 1.33. The van der Waals surface area contributed by atoms with Crippen LogP contribution in [0.25, 0.3) is 0 Å². The van der Waals surface area contributed by atoms with Crippen molar-refractivity contribution in [2.24, 2.45) is 0 Å². The summed E-state index contributed by atoms with van der Waals surface area (Å²) in [6, 6.07) is 1.75. The largest absolute Gasteiger partial charge is 0.375 e. The maximum absolute atomic E-state index is 11.8. The van der Waals surface area contributed by atoms with Crippen molar-refractivity contribution in [3.8, 4) is 0 Å². The van der Waals surface area contributed by atoms with E-state index >= 15 is 0 Å². The normalized spacial score (nSPS) is 10.5. The predicted octanol–water partition coefficient (Wildman–Crippen LogP) is 1.63. The van der Waals surface area contributed by atoms with Gasteiger partial charge in [0.15, 0.2) is 5.76 Å². The Morgan fingerprint density at radius 1 is 1.59 bits per heavy atom. The van der Waals surface area contributed by atoms with Gasteiger partial charge in [0.25, 0.3) is 5.56 Å². The lowest BCUT2D eigenvalue weighted by Crippen LogP contribution is -2.23. The molecule has 2 aromatic rings. The van der Waals surface area contributed by atoms with Gasteiger partial charge in [0.1, 0.15) is 4.47 Å². The Morgan fingerprint density at radius 3 is 3.06 bits per heavy atom. The molecule has 0 atom stereocenters. The molecule has 0 aliphatic carbocycles. The highest BCUT2D eigenvalue weighted by Gasteiger charge is 2.08. The van der Waals surface area contributed by atoms with E-state index < -0.39 is 0 Å². The Kier molecular flexibility index (Phi) is 3.58. The molecule has 0 bridgehead atoms. The minimum Gasteiger partial charge on any atom is -0.375 e. The van der Waals surface area contributed by atoms with Gasteiger partial charge in [-0.15, -0.1) is 0 Å². The first-order valence-electron chi connectivity index (χ1n) is 5.11. The summed E-state index contributed by atoms with van der Waals surface area (Å²) in [6.45, 7) is 2.86. The van der Waals surface area contributed by atoms with Gasteiger partial charge in [-0.3, -0.25) is 4.79 Å². The first kappa shape index (κ1) is 11.8. The third-order valence-electron chi connectivity index (χ3n) is 2.23. The standard InChI is InChI=1S/C10H11BrN4O2/c1-2-15-10(16)9(11)8(6-13-15)12-5-7-3-4-14-17-7/h3-4,6,12H,2,5H2,1H3. The van der Waals surface area contributed by atoms with Gasteiger partial charge >= 0.3 is 0 Å². The van der Waals surface area contributed by atoms with E-state index in [0.29, 0.717) is 29.0 Å². The van der Waals surface area contributed by atoms with Crippen LogP contribution >= 0.6 is 15.9 Å². The average molecular weight is 299 g/mol. The van der Waals surface area contributed by atoms with Crippen LogP contribution in [0.4, 0.5) is 5.69 Å². The van der Waals surface area contributed by atoms with Gasteiger partial charge in [-0.2, -0.15) is 5.10 Å². The molecule has 0 aromatic carbocycles. The van der Waals surface area contributed by atoms with Crippen molar-refractivity contribution in [1.82, 2.24) is 14.9 Å². The first-order chi connectivity index (χ1) is 8.22. The zero-order chi connectivity index (χ0) is 12.3. The molecule has 0 aliphatic rings. The summed E-state index contributed by atoms with van der Waals surface area (Å²) in [5.41, 5.74) is 0.478. The predicted molar refractivity (Wildman–Crippen MR) is 65.7 cm³/mol. The molecule has 2 rings (SSSR count). The van der Waals surface area contributed by atoms with Crippen LogP contribution in [0.15, 0.2) is 32.3 Å². The number of aromatic nitrogens is 3. The number of halogens is 1. The van der Waals surface area contributed by atoms with Crippen molar-refractivity contribution in [1.29, 1.82) is 0 Å². The van der Waals surface area contributed by atoms with Crippen LogP contribution in [0.3, 0.4) is 0 Å². The number of nitrogens with one attached hydrogen (secondary N) is 1. The van der Waals surface area contributed by atoms with Gasteiger partial charge < -0.3 is 9.84 Å². The average Bonchev–Trinajstić information content (AvgIpc) is 2.84. The lowest BCUT2D eigenvalue weighted by atomic mass is 10.4. The summed E-state index contributed by atoms with van der Waals surface area (Å²) >= 11 is 3.25. The molecule has 2 heterocycles. The quantitative estimate of drug-likeness (QED) is 0.929. The molecule has 0 unspecified atom stereocenters. The summed E-state index contributed by atoms with van der Waals surface area (Å²) < 4.78 is 6.78. The number of rotatable bonds is 4. The maximum Gasteiger partial charge on any atom is 0.283 e. The van der Waals surface area contributed by atoms with Crippen molar-refractivity contribution in [3.05, 3.63) is 39.0 Å². The van der Waals surface area contributed by atoms with Crippen LogP contribution in [0.1, 0.15) is 12.7 Å². The zero-order valence-electron chi connectivity index (χ0n) is 9.18. The molecule has 0 saturated heterocycles. The monoisotopic (exact) mass is 298 g/mol. The molecule has 0 aliphatic heterocycles. The van der Waals surface area contributed by atoms with E-state index in [1.54, 1.807) is 18.5 Å². The SMILES string of the molecule is CCn1ncc(NCc2ccno2)c(Br)c1=O. The Morgan fingerprint density at radius 2 is 2.41 bits per heavy atom. The topological polar surface area (TPSA) is 73.0 Å². The van der Waals surface area contributed by atoms with E-state index in [4.69, 9.17) is 4.52 Å². The smallest absolute Gasteiger partial charge is 0.283 e. The molecule has 2 aromatic heterocycles. The van der Waals surface area contributed by atoms with Crippen LogP contribution in [0.2, 0.25) is 0 Å². The van der Waals surface area contributed by atoms with Crippen molar-refractivity contribution < 1.29 is 4.52 Å². The van der Waals surface area contributed by atoms with Crippen LogP contribution in [0, 0.1) is 0 Å². The van der Waals surface area contributed by atoms with Gasteiger partial charge in [0.2, 0.25) is 0 Å². The number of aryl methyl sites for hydroxylation is 1. The van der Waals surface area contributed by atoms with Crippen molar-refractivity contribution >= 4 is 21.6 Å². The summed E-state index contributed by atoms with van der Waals surface area (Å²) in [4.78, 5) is 11.8. The number of hydrogen-bond acceptors (Lipinski definition) is 5. The molecule has 6 nitrogen and oxygen atoms in total. The van der Waals surface area contributed by atoms with Crippen LogP contribution in [-0.2, 0) is 13.1 Å². The summed E-state index contributed by atoms with van der Waals surface area (Å²) in [5, 5.41) is 10.7. The second kappa shape index (κ2) is 5.13. The number of hydrogen-bond donors (Lipinski definition) is 1. The molecule has 90 valence electrons. The molecule has 1 N–H and O–H groups in total. The fraction of sp³-hybridized carbons (Fsp3) is 0.300. The number of nitrogens with zero attached hydrogens (tertiary/aromatic N) is 3. The van der Waals surface area contributed by atoms with E-state index in [1.807, 2.05) is 6.92 Å². The molecule has 0 spiro atoms. The zero-order valence-corrected chi connectivity index (χ0v) is 10.8. The molecular formula is C10H11BrN4O2. The third-order valence-corrected chi connectivity index (χ3v) is 3.00. The van der Waals surface area contributed by atoms with Crippen molar-refractivity contribution in [2.45, 2.75) is 20.0 Å². The Labute approximate surface area is 106 Å². The molecular weight excluding hydrogens is 288 g/mol. The molecule has 0 amide bonds.